The number of hydrogen-bond donors (Lipinski definition) is 1. The van der Waals surface area contributed by atoms with Gasteiger partial charge in [-0.3, -0.25) is 9.59 Å². The van der Waals surface area contributed by atoms with Gasteiger partial charge in [-0.2, -0.15) is 0 Å². The fraction of sp³-hybridized carbons (Fsp3) is 0.867. The van der Waals surface area contributed by atoms with E-state index in [4.69, 9.17) is 0 Å². The van der Waals surface area contributed by atoms with E-state index in [1.54, 1.807) is 0 Å². The maximum absolute atomic E-state index is 12.4. The molecule has 0 aromatic carbocycles. The first-order valence-corrected chi connectivity index (χ1v) is 8.03. The van der Waals surface area contributed by atoms with Crippen molar-refractivity contribution in [2.45, 2.75) is 44.6 Å². The number of hydrogen-bond acceptors (Lipinski definition) is 3. The topological polar surface area (TPSA) is 52.7 Å². The zero-order valence-corrected chi connectivity index (χ0v) is 12.1. The molecular weight excluding hydrogens is 254 g/mol. The number of carbonyl (C=O) groups excluding carboxylic acids is 2. The smallest absolute Gasteiger partial charge is 0.227 e. The lowest BCUT2D eigenvalue weighted by molar-refractivity contribution is -0.138. The van der Waals surface area contributed by atoms with Crippen LogP contribution >= 0.6 is 0 Å². The van der Waals surface area contributed by atoms with Crippen molar-refractivity contribution in [3.8, 4) is 0 Å². The van der Waals surface area contributed by atoms with Gasteiger partial charge in [-0.05, 0) is 45.2 Å². The predicted octanol–water partition coefficient (Wildman–Crippen LogP) is 0.599. The molecule has 0 bridgehead atoms. The third-order valence-electron chi connectivity index (χ3n) is 5.05. The minimum absolute atomic E-state index is 0.0102. The molecular formula is C15H25N3O2. The highest BCUT2D eigenvalue weighted by Gasteiger charge is 2.32. The van der Waals surface area contributed by atoms with E-state index in [0.717, 1.165) is 32.4 Å². The lowest BCUT2D eigenvalue weighted by Crippen LogP contribution is -2.50. The van der Waals surface area contributed by atoms with Gasteiger partial charge < -0.3 is 15.1 Å². The van der Waals surface area contributed by atoms with Gasteiger partial charge in [-0.1, -0.05) is 0 Å². The summed E-state index contributed by atoms with van der Waals surface area (Å²) in [5.41, 5.74) is 0. The van der Waals surface area contributed by atoms with E-state index in [-0.39, 0.29) is 17.7 Å². The van der Waals surface area contributed by atoms with Crippen molar-refractivity contribution < 1.29 is 9.59 Å². The Labute approximate surface area is 120 Å². The summed E-state index contributed by atoms with van der Waals surface area (Å²) < 4.78 is 0. The highest BCUT2D eigenvalue weighted by Crippen LogP contribution is 2.23. The molecule has 1 unspecified atom stereocenters. The second-order valence-electron chi connectivity index (χ2n) is 6.34. The molecule has 3 heterocycles. The van der Waals surface area contributed by atoms with Gasteiger partial charge in [0.05, 0.1) is 5.92 Å². The van der Waals surface area contributed by atoms with E-state index < -0.39 is 0 Å². The van der Waals surface area contributed by atoms with Crippen LogP contribution in [-0.2, 0) is 9.59 Å². The molecule has 3 rings (SSSR count). The third-order valence-corrected chi connectivity index (χ3v) is 5.05. The van der Waals surface area contributed by atoms with Gasteiger partial charge in [0.15, 0.2) is 0 Å². The van der Waals surface area contributed by atoms with Crippen LogP contribution in [0.3, 0.4) is 0 Å². The number of piperidine rings is 2. The SMILES string of the molecule is O=C1CCC(C(=O)N2CCC(N3CCCC3)CC2)CN1. The molecule has 3 aliphatic heterocycles. The average molecular weight is 279 g/mol. The van der Waals surface area contributed by atoms with E-state index >= 15 is 0 Å². The Kier molecular flexibility index (Phi) is 4.24. The van der Waals surface area contributed by atoms with Crippen LogP contribution < -0.4 is 5.32 Å². The predicted molar refractivity (Wildman–Crippen MR) is 76.1 cm³/mol. The van der Waals surface area contributed by atoms with Gasteiger partial charge >= 0.3 is 0 Å². The first kappa shape index (κ1) is 13.9. The third kappa shape index (κ3) is 2.97. The van der Waals surface area contributed by atoms with Gasteiger partial charge in [0.2, 0.25) is 11.8 Å². The number of likely N-dealkylation sites (tertiary alicyclic amines) is 2. The summed E-state index contributed by atoms with van der Waals surface area (Å²) in [7, 11) is 0. The van der Waals surface area contributed by atoms with Crippen molar-refractivity contribution in [2.75, 3.05) is 32.7 Å². The molecule has 1 N–H and O–H groups in total. The zero-order chi connectivity index (χ0) is 13.9. The summed E-state index contributed by atoms with van der Waals surface area (Å²) in [6.07, 6.45) is 6.12. The minimum Gasteiger partial charge on any atom is -0.355 e. The molecule has 5 nitrogen and oxygen atoms in total. The van der Waals surface area contributed by atoms with Crippen molar-refractivity contribution in [2.24, 2.45) is 5.92 Å². The molecule has 20 heavy (non-hydrogen) atoms. The second-order valence-corrected chi connectivity index (χ2v) is 6.34. The van der Waals surface area contributed by atoms with Crippen LogP contribution in [0.25, 0.3) is 0 Å². The molecule has 0 saturated carbocycles. The summed E-state index contributed by atoms with van der Waals surface area (Å²) in [5.74, 6) is 0.350. The van der Waals surface area contributed by atoms with Crippen LogP contribution in [0, 0.1) is 5.92 Å². The summed E-state index contributed by atoms with van der Waals surface area (Å²) in [6, 6.07) is 0.688. The van der Waals surface area contributed by atoms with Crippen molar-refractivity contribution in [3.05, 3.63) is 0 Å². The first-order chi connectivity index (χ1) is 9.74. The highest BCUT2D eigenvalue weighted by molar-refractivity contribution is 5.83. The quantitative estimate of drug-likeness (QED) is 0.805. The molecule has 3 fully saturated rings. The maximum atomic E-state index is 12.4. The number of rotatable bonds is 2. The zero-order valence-electron chi connectivity index (χ0n) is 12.1. The van der Waals surface area contributed by atoms with Crippen LogP contribution in [0.1, 0.15) is 38.5 Å². The lowest BCUT2D eigenvalue weighted by Gasteiger charge is -2.38. The molecule has 3 aliphatic rings. The molecule has 2 amide bonds. The van der Waals surface area contributed by atoms with E-state index in [2.05, 4.69) is 10.2 Å². The number of nitrogens with zero attached hydrogens (tertiary/aromatic N) is 2. The number of nitrogens with one attached hydrogen (secondary N) is 1. The maximum Gasteiger partial charge on any atom is 0.227 e. The Balaban J connectivity index is 1.47. The van der Waals surface area contributed by atoms with Gasteiger partial charge in [-0.15, -0.1) is 0 Å². The molecule has 0 spiro atoms. The summed E-state index contributed by atoms with van der Waals surface area (Å²) >= 11 is 0. The van der Waals surface area contributed by atoms with Crippen LogP contribution in [0.2, 0.25) is 0 Å². The molecule has 0 aromatic heterocycles. The van der Waals surface area contributed by atoms with Crippen molar-refractivity contribution >= 4 is 11.8 Å². The van der Waals surface area contributed by atoms with Crippen LogP contribution in [0.4, 0.5) is 0 Å². The summed E-state index contributed by atoms with van der Waals surface area (Å²) in [4.78, 5) is 28.2. The Morgan fingerprint density at radius 3 is 2.35 bits per heavy atom. The van der Waals surface area contributed by atoms with Crippen LogP contribution in [0.15, 0.2) is 0 Å². The van der Waals surface area contributed by atoms with Gasteiger partial charge in [0, 0.05) is 32.1 Å². The second kappa shape index (κ2) is 6.12. The Morgan fingerprint density at radius 2 is 1.75 bits per heavy atom. The molecule has 3 saturated heterocycles. The molecule has 0 aromatic rings. The Bertz CT molecular complexity index is 361. The molecule has 0 radical (unpaired) electrons. The van der Waals surface area contributed by atoms with Crippen molar-refractivity contribution in [3.63, 3.8) is 0 Å². The van der Waals surface area contributed by atoms with E-state index in [1.165, 1.54) is 25.9 Å². The minimum atomic E-state index is 0.0102. The van der Waals surface area contributed by atoms with Crippen LogP contribution in [0.5, 0.6) is 0 Å². The lowest BCUT2D eigenvalue weighted by atomic mass is 9.95. The van der Waals surface area contributed by atoms with E-state index in [1.807, 2.05) is 4.90 Å². The summed E-state index contributed by atoms with van der Waals surface area (Å²) in [6.45, 7) is 4.80. The standard InChI is InChI=1S/C15H25N3O2/c19-14-4-3-12(11-16-14)15(20)18-9-5-13(6-10-18)17-7-1-2-8-17/h12-13H,1-11H2,(H,16,19). The molecule has 1 atom stereocenters. The molecule has 0 aliphatic carbocycles. The van der Waals surface area contributed by atoms with Gasteiger partial charge in [0.25, 0.3) is 0 Å². The number of carbonyl (C=O) groups is 2. The monoisotopic (exact) mass is 279 g/mol. The average Bonchev–Trinajstić information content (AvgIpc) is 3.02. The van der Waals surface area contributed by atoms with Crippen LogP contribution in [-0.4, -0.2) is 60.4 Å². The molecule has 5 heteroatoms. The molecule has 112 valence electrons. The highest BCUT2D eigenvalue weighted by atomic mass is 16.2. The van der Waals surface area contributed by atoms with Gasteiger partial charge in [-0.25, -0.2) is 0 Å². The number of amides is 2. The van der Waals surface area contributed by atoms with Gasteiger partial charge in [0.1, 0.15) is 0 Å². The normalized spacial score (nSPS) is 29.5. The Morgan fingerprint density at radius 1 is 1.05 bits per heavy atom. The van der Waals surface area contributed by atoms with Crippen molar-refractivity contribution in [1.82, 2.24) is 15.1 Å². The fourth-order valence-electron chi connectivity index (χ4n) is 3.76. The Hall–Kier alpha value is -1.10. The largest absolute Gasteiger partial charge is 0.355 e. The van der Waals surface area contributed by atoms with E-state index in [0.29, 0.717) is 19.0 Å². The first-order valence-electron chi connectivity index (χ1n) is 8.03. The fourth-order valence-corrected chi connectivity index (χ4v) is 3.76. The summed E-state index contributed by atoms with van der Waals surface area (Å²) in [5, 5.41) is 2.81. The van der Waals surface area contributed by atoms with E-state index in [9.17, 15) is 9.59 Å². The van der Waals surface area contributed by atoms with Crippen molar-refractivity contribution in [1.29, 1.82) is 0 Å².